The van der Waals surface area contributed by atoms with E-state index in [0.29, 0.717) is 6.04 Å². The molecule has 2 heterocycles. The van der Waals surface area contributed by atoms with Crippen molar-refractivity contribution < 1.29 is 14.1 Å². The van der Waals surface area contributed by atoms with E-state index in [0.717, 1.165) is 37.0 Å². The summed E-state index contributed by atoms with van der Waals surface area (Å²) >= 11 is 0. The number of hydrogen-bond acceptors (Lipinski definition) is 4. The van der Waals surface area contributed by atoms with E-state index in [1.54, 1.807) is 14.2 Å². The van der Waals surface area contributed by atoms with Crippen LogP contribution in [0.4, 0.5) is 0 Å². The van der Waals surface area contributed by atoms with Crippen LogP contribution in [0.2, 0.25) is 0 Å². The minimum absolute atomic E-state index is 0.148. The highest BCUT2D eigenvalue weighted by molar-refractivity contribution is 6.61. The zero-order chi connectivity index (χ0) is 16.9. The van der Waals surface area contributed by atoms with Gasteiger partial charge in [0.1, 0.15) is 0 Å². The predicted octanol–water partition coefficient (Wildman–Crippen LogP) is 1.37. The van der Waals surface area contributed by atoms with E-state index in [4.69, 9.17) is 9.31 Å². The number of hydrogen-bond donors (Lipinski definition) is 0. The fourth-order valence-corrected chi connectivity index (χ4v) is 3.87. The second-order valence-electron chi connectivity index (χ2n) is 6.73. The molecule has 0 bridgehead atoms. The molecule has 6 heteroatoms. The summed E-state index contributed by atoms with van der Waals surface area (Å²) in [7, 11) is 2.84. The Morgan fingerprint density at radius 1 is 1.08 bits per heavy atom. The monoisotopic (exact) mass is 330 g/mol. The third-order valence-electron chi connectivity index (χ3n) is 5.16. The van der Waals surface area contributed by atoms with Crippen molar-refractivity contribution in [2.45, 2.75) is 31.7 Å². The lowest BCUT2D eigenvalue weighted by Crippen LogP contribution is -2.42. The van der Waals surface area contributed by atoms with Crippen molar-refractivity contribution in [3.8, 4) is 0 Å². The van der Waals surface area contributed by atoms with Crippen molar-refractivity contribution in [2.75, 3.05) is 40.4 Å². The van der Waals surface area contributed by atoms with Crippen LogP contribution in [0.1, 0.15) is 36.0 Å². The van der Waals surface area contributed by atoms with Crippen molar-refractivity contribution in [2.24, 2.45) is 0 Å². The number of likely N-dealkylation sites (tertiary alicyclic amines) is 2. The summed E-state index contributed by atoms with van der Waals surface area (Å²) in [6.45, 7) is 4.27. The molecule has 0 saturated carbocycles. The number of carbonyl (C=O) groups is 1. The molecule has 24 heavy (non-hydrogen) atoms. The molecule has 5 nitrogen and oxygen atoms in total. The van der Waals surface area contributed by atoms with Gasteiger partial charge in [-0.05, 0) is 56.4 Å². The summed E-state index contributed by atoms with van der Waals surface area (Å²) in [5.41, 5.74) is 1.67. The molecule has 2 saturated heterocycles. The van der Waals surface area contributed by atoms with Gasteiger partial charge in [0.2, 0.25) is 0 Å². The summed E-state index contributed by atoms with van der Waals surface area (Å²) < 4.78 is 10.5. The van der Waals surface area contributed by atoms with Crippen LogP contribution in [-0.2, 0) is 9.31 Å². The molecular formula is C18H27BN2O3. The van der Waals surface area contributed by atoms with Crippen molar-refractivity contribution >= 4 is 18.5 Å². The van der Waals surface area contributed by atoms with E-state index >= 15 is 0 Å². The molecular weight excluding hydrogens is 303 g/mol. The highest BCUT2D eigenvalue weighted by Crippen LogP contribution is 2.22. The van der Waals surface area contributed by atoms with E-state index in [-0.39, 0.29) is 13.0 Å². The van der Waals surface area contributed by atoms with E-state index in [1.807, 2.05) is 24.3 Å². The fraction of sp³-hybridized carbons (Fsp3) is 0.611. The summed E-state index contributed by atoms with van der Waals surface area (Å²) in [5, 5.41) is 0. The Morgan fingerprint density at radius 2 is 1.75 bits per heavy atom. The van der Waals surface area contributed by atoms with Gasteiger partial charge in [-0.25, -0.2) is 0 Å². The lowest BCUT2D eigenvalue weighted by molar-refractivity contribution is 0.0709. The maximum absolute atomic E-state index is 12.9. The Hall–Kier alpha value is -1.37. The first-order chi connectivity index (χ1) is 11.7. The Morgan fingerprint density at radius 3 is 2.38 bits per heavy atom. The topological polar surface area (TPSA) is 42.0 Å². The lowest BCUT2D eigenvalue weighted by Gasteiger charge is -2.28. The van der Waals surface area contributed by atoms with Gasteiger partial charge in [-0.1, -0.05) is 12.1 Å². The van der Waals surface area contributed by atoms with Crippen molar-refractivity contribution in [1.82, 2.24) is 9.80 Å². The summed E-state index contributed by atoms with van der Waals surface area (Å²) in [6, 6.07) is 7.95. The Balaban J connectivity index is 1.66. The first-order valence-electron chi connectivity index (χ1n) is 8.92. The van der Waals surface area contributed by atoms with Crippen molar-refractivity contribution in [1.29, 1.82) is 0 Å². The molecule has 0 radical (unpaired) electrons. The van der Waals surface area contributed by atoms with Crippen molar-refractivity contribution in [3.63, 3.8) is 0 Å². The van der Waals surface area contributed by atoms with Crippen molar-refractivity contribution in [3.05, 3.63) is 29.8 Å². The van der Waals surface area contributed by atoms with Crippen LogP contribution in [0.5, 0.6) is 0 Å². The standard InChI is InChI=1S/C18H27BN2O3/c1-23-19(24-2)16-9-7-15(8-10-16)18(22)21-13-5-6-17(21)14-20-11-3-4-12-20/h7-10,17H,3-6,11-14H2,1-2H3/t17-/m0/s1. The SMILES string of the molecule is COB(OC)c1ccc(C(=O)N2CCC[C@H]2CN2CCCC2)cc1. The third-order valence-corrected chi connectivity index (χ3v) is 5.16. The Labute approximate surface area is 145 Å². The number of amides is 1. The maximum atomic E-state index is 12.9. The first-order valence-corrected chi connectivity index (χ1v) is 8.92. The van der Waals surface area contributed by atoms with Gasteiger partial charge >= 0.3 is 7.12 Å². The minimum Gasteiger partial charge on any atom is -0.410 e. The first kappa shape index (κ1) is 17.5. The highest BCUT2D eigenvalue weighted by atomic mass is 16.6. The molecule has 0 aromatic heterocycles. The Kier molecular flexibility index (Phi) is 5.92. The molecule has 0 aliphatic carbocycles. The maximum Gasteiger partial charge on any atom is 0.493 e. The van der Waals surface area contributed by atoms with Crippen LogP contribution in [-0.4, -0.2) is 69.3 Å². The van der Waals surface area contributed by atoms with Gasteiger partial charge in [0.05, 0.1) is 0 Å². The largest absolute Gasteiger partial charge is 0.493 e. The smallest absolute Gasteiger partial charge is 0.410 e. The number of benzene rings is 1. The third kappa shape index (κ3) is 3.82. The summed E-state index contributed by atoms with van der Waals surface area (Å²) in [6.07, 6.45) is 4.82. The zero-order valence-corrected chi connectivity index (χ0v) is 14.7. The molecule has 1 aromatic carbocycles. The van der Waals surface area contributed by atoms with Gasteiger partial charge in [-0.2, -0.15) is 0 Å². The molecule has 1 aromatic rings. The average Bonchev–Trinajstić information content (AvgIpc) is 3.28. The minimum atomic E-state index is -0.385. The van der Waals surface area contributed by atoms with Gasteiger partial charge in [-0.15, -0.1) is 0 Å². The quantitative estimate of drug-likeness (QED) is 0.739. The molecule has 130 valence electrons. The molecule has 2 aliphatic heterocycles. The number of carbonyl (C=O) groups excluding carboxylic acids is 1. The van der Waals surface area contributed by atoms with Crippen LogP contribution >= 0.6 is 0 Å². The lowest BCUT2D eigenvalue weighted by atomic mass is 9.79. The van der Waals surface area contributed by atoms with Gasteiger partial charge < -0.3 is 19.1 Å². The van der Waals surface area contributed by atoms with Crippen LogP contribution in [0.3, 0.4) is 0 Å². The molecule has 1 amide bonds. The second kappa shape index (κ2) is 8.14. The molecule has 2 aliphatic rings. The van der Waals surface area contributed by atoms with Gasteiger partial charge in [0, 0.05) is 38.9 Å². The Bertz CT molecular complexity index is 542. The van der Waals surface area contributed by atoms with Crippen LogP contribution in [0, 0.1) is 0 Å². The molecule has 0 unspecified atom stereocenters. The van der Waals surface area contributed by atoms with E-state index in [2.05, 4.69) is 9.80 Å². The van der Waals surface area contributed by atoms with Crippen LogP contribution in [0.15, 0.2) is 24.3 Å². The number of nitrogens with zero attached hydrogens (tertiary/aromatic N) is 2. The van der Waals surface area contributed by atoms with Gasteiger partial charge in [0.15, 0.2) is 0 Å². The molecule has 0 spiro atoms. The summed E-state index contributed by atoms with van der Waals surface area (Å²) in [4.78, 5) is 17.5. The molecule has 3 rings (SSSR count). The normalized spacial score (nSPS) is 21.4. The molecule has 0 N–H and O–H groups in total. The summed E-state index contributed by atoms with van der Waals surface area (Å²) in [5.74, 6) is 0.148. The van der Waals surface area contributed by atoms with Gasteiger partial charge in [-0.3, -0.25) is 4.79 Å². The predicted molar refractivity (Wildman–Crippen MR) is 95.6 cm³/mol. The molecule has 1 atom stereocenters. The van der Waals surface area contributed by atoms with E-state index in [1.165, 1.54) is 25.9 Å². The van der Waals surface area contributed by atoms with Gasteiger partial charge in [0.25, 0.3) is 5.91 Å². The highest BCUT2D eigenvalue weighted by Gasteiger charge is 2.31. The van der Waals surface area contributed by atoms with Crippen LogP contribution in [0.25, 0.3) is 0 Å². The average molecular weight is 330 g/mol. The number of rotatable bonds is 6. The van der Waals surface area contributed by atoms with E-state index < -0.39 is 0 Å². The zero-order valence-electron chi connectivity index (χ0n) is 14.7. The van der Waals surface area contributed by atoms with E-state index in [9.17, 15) is 4.79 Å². The fourth-order valence-electron chi connectivity index (χ4n) is 3.87. The molecule has 2 fully saturated rings. The second-order valence-corrected chi connectivity index (χ2v) is 6.73. The van der Waals surface area contributed by atoms with Crippen LogP contribution < -0.4 is 5.46 Å².